The van der Waals surface area contributed by atoms with Crippen LogP contribution in [0.1, 0.15) is 74.2 Å². The number of halogens is 1. The molecule has 4 rings (SSSR count). The van der Waals surface area contributed by atoms with Crippen LogP contribution in [-0.2, 0) is 20.4 Å². The highest BCUT2D eigenvalue weighted by atomic mass is 35.5. The van der Waals surface area contributed by atoms with Crippen LogP contribution in [-0.4, -0.2) is 17.8 Å². The minimum Gasteiger partial charge on any atom is -0.423 e. The number of anilines is 2. The number of ether oxygens (including phenoxy) is 1. The minimum absolute atomic E-state index is 0.0170. The Morgan fingerprint density at radius 1 is 0.850 bits per heavy atom. The van der Waals surface area contributed by atoms with E-state index in [2.05, 4.69) is 52.9 Å². The Balaban J connectivity index is 1.53. The number of nitrogens with zero attached hydrogens (tertiary/aromatic N) is 1. The summed E-state index contributed by atoms with van der Waals surface area (Å²) in [7, 11) is 0. The molecule has 7 heteroatoms. The maximum absolute atomic E-state index is 13.2. The lowest BCUT2D eigenvalue weighted by Gasteiger charge is -2.26. The third-order valence-corrected chi connectivity index (χ3v) is 7.44. The van der Waals surface area contributed by atoms with E-state index in [0.717, 1.165) is 27.2 Å². The van der Waals surface area contributed by atoms with E-state index in [1.807, 2.05) is 32.0 Å². The van der Waals surface area contributed by atoms with E-state index in [1.54, 1.807) is 36.4 Å². The van der Waals surface area contributed by atoms with E-state index in [9.17, 15) is 14.4 Å². The lowest BCUT2D eigenvalue weighted by Crippen LogP contribution is -2.33. The van der Waals surface area contributed by atoms with Gasteiger partial charge in [0.2, 0.25) is 0 Å². The summed E-state index contributed by atoms with van der Waals surface area (Å²) in [5, 5.41) is 2.76. The van der Waals surface area contributed by atoms with Gasteiger partial charge in [0.05, 0.1) is 11.3 Å². The Labute approximate surface area is 241 Å². The average Bonchev–Trinajstić information content (AvgIpc) is 3.08. The maximum Gasteiger partial charge on any atom is 0.343 e. The first-order valence-corrected chi connectivity index (χ1v) is 13.6. The molecule has 0 bridgehead atoms. The first kappa shape index (κ1) is 29.1. The van der Waals surface area contributed by atoms with Gasteiger partial charge in [-0.05, 0) is 77.8 Å². The maximum atomic E-state index is 13.2. The highest BCUT2D eigenvalue weighted by molar-refractivity contribution is 6.53. The summed E-state index contributed by atoms with van der Waals surface area (Å²) in [6.45, 7) is 16.5. The molecule has 0 aliphatic carbocycles. The molecule has 0 unspecified atom stereocenters. The Kier molecular flexibility index (Phi) is 7.70. The first-order chi connectivity index (χ1) is 18.6. The number of amides is 2. The van der Waals surface area contributed by atoms with Gasteiger partial charge in [0.1, 0.15) is 16.5 Å². The van der Waals surface area contributed by atoms with Gasteiger partial charge in [-0.15, -0.1) is 0 Å². The van der Waals surface area contributed by atoms with Crippen molar-refractivity contribution >= 4 is 40.8 Å². The molecule has 0 fully saturated rings. The fourth-order valence-corrected chi connectivity index (χ4v) is 4.68. The lowest BCUT2D eigenvalue weighted by atomic mass is 9.80. The summed E-state index contributed by atoms with van der Waals surface area (Å²) >= 11 is 6.30. The van der Waals surface area contributed by atoms with Crippen LogP contribution in [0.25, 0.3) is 0 Å². The van der Waals surface area contributed by atoms with E-state index < -0.39 is 17.8 Å². The summed E-state index contributed by atoms with van der Waals surface area (Å²) in [6, 6.07) is 17.8. The van der Waals surface area contributed by atoms with E-state index in [-0.39, 0.29) is 21.6 Å². The summed E-state index contributed by atoms with van der Waals surface area (Å²) in [5.74, 6) is -1.10. The van der Waals surface area contributed by atoms with Crippen LogP contribution in [0.3, 0.4) is 0 Å². The number of carbonyl (C=O) groups is 3. The number of carbonyl (C=O) groups excluding carboxylic acids is 3. The molecule has 0 radical (unpaired) electrons. The molecule has 1 heterocycles. The fraction of sp³-hybridized carbons (Fsp3) is 0.303. The molecule has 3 aromatic carbocycles. The van der Waals surface area contributed by atoms with Gasteiger partial charge >= 0.3 is 5.97 Å². The molecule has 0 aromatic heterocycles. The van der Waals surface area contributed by atoms with Gasteiger partial charge in [-0.3, -0.25) is 9.59 Å². The zero-order chi connectivity index (χ0) is 29.6. The fourth-order valence-electron chi connectivity index (χ4n) is 4.47. The summed E-state index contributed by atoms with van der Waals surface area (Å²) < 4.78 is 5.84. The summed E-state index contributed by atoms with van der Waals surface area (Å²) in [4.78, 5) is 40.2. The Bertz CT molecular complexity index is 1540. The van der Waals surface area contributed by atoms with Crippen molar-refractivity contribution in [3.8, 4) is 5.75 Å². The second-order valence-electron chi connectivity index (χ2n) is 12.2. The Morgan fingerprint density at radius 2 is 1.50 bits per heavy atom. The van der Waals surface area contributed by atoms with Gasteiger partial charge < -0.3 is 10.1 Å². The molecule has 208 valence electrons. The van der Waals surface area contributed by atoms with Gasteiger partial charge in [0.25, 0.3) is 11.8 Å². The van der Waals surface area contributed by atoms with Gasteiger partial charge in [0, 0.05) is 11.3 Å². The van der Waals surface area contributed by atoms with Crippen molar-refractivity contribution in [2.75, 3.05) is 10.2 Å². The summed E-state index contributed by atoms with van der Waals surface area (Å²) in [5.41, 5.74) is 4.94. The van der Waals surface area contributed by atoms with Crippen LogP contribution in [0.4, 0.5) is 11.4 Å². The molecule has 40 heavy (non-hydrogen) atoms. The van der Waals surface area contributed by atoms with Crippen molar-refractivity contribution in [2.45, 2.75) is 66.2 Å². The molecule has 3 aromatic rings. The van der Waals surface area contributed by atoms with Crippen LogP contribution in [0.15, 0.2) is 71.4 Å². The van der Waals surface area contributed by atoms with Crippen LogP contribution in [0.5, 0.6) is 5.75 Å². The van der Waals surface area contributed by atoms with Crippen molar-refractivity contribution in [2.24, 2.45) is 0 Å². The molecule has 1 aliphatic heterocycles. The first-order valence-electron chi connectivity index (χ1n) is 13.2. The monoisotopic (exact) mass is 558 g/mol. The van der Waals surface area contributed by atoms with Crippen molar-refractivity contribution in [3.63, 3.8) is 0 Å². The van der Waals surface area contributed by atoms with E-state index in [0.29, 0.717) is 22.7 Å². The minimum atomic E-state index is -0.588. The van der Waals surface area contributed by atoms with Crippen LogP contribution in [0.2, 0.25) is 0 Å². The number of imide groups is 1. The number of hydrogen-bond donors (Lipinski definition) is 1. The molecular weight excluding hydrogens is 524 g/mol. The van der Waals surface area contributed by atoms with Crippen molar-refractivity contribution < 1.29 is 19.1 Å². The molecule has 0 saturated heterocycles. The molecule has 0 spiro atoms. The molecule has 2 amide bonds. The van der Waals surface area contributed by atoms with Crippen LogP contribution in [0, 0.1) is 13.8 Å². The number of esters is 1. The van der Waals surface area contributed by atoms with Crippen molar-refractivity contribution in [1.82, 2.24) is 0 Å². The van der Waals surface area contributed by atoms with E-state index in [4.69, 9.17) is 16.3 Å². The zero-order valence-electron chi connectivity index (χ0n) is 24.2. The molecule has 0 atom stereocenters. The largest absolute Gasteiger partial charge is 0.423 e. The molecular formula is C33H35ClN2O4. The van der Waals surface area contributed by atoms with Gasteiger partial charge in [0.15, 0.2) is 0 Å². The van der Waals surface area contributed by atoms with Gasteiger partial charge in [-0.25, -0.2) is 9.69 Å². The number of hydrogen-bond acceptors (Lipinski definition) is 5. The standard InChI is InChI=1S/C33H35ClN2O4/c1-19-10-9-11-25(20(19)2)36-29(37)27(34)28(30(36)38)35-23-15-12-21(13-16-23)31(39)40-26-17-14-22(32(3,4)5)18-24(26)33(6,7)8/h9-18,35H,1-8H3. The molecule has 6 nitrogen and oxygen atoms in total. The second kappa shape index (κ2) is 10.6. The van der Waals surface area contributed by atoms with Gasteiger partial charge in [-0.2, -0.15) is 0 Å². The third-order valence-electron chi connectivity index (χ3n) is 7.09. The predicted molar refractivity (Wildman–Crippen MR) is 160 cm³/mol. The SMILES string of the molecule is Cc1cccc(N2C(=O)C(Cl)=C(Nc3ccc(C(=O)Oc4ccc(C(C)(C)C)cc4C(C)(C)C)cc3)C2=O)c1C. The summed E-state index contributed by atoms with van der Waals surface area (Å²) in [6.07, 6.45) is 0. The smallest absolute Gasteiger partial charge is 0.343 e. The third kappa shape index (κ3) is 5.68. The molecule has 1 N–H and O–H groups in total. The van der Waals surface area contributed by atoms with E-state index in [1.165, 1.54) is 0 Å². The lowest BCUT2D eigenvalue weighted by molar-refractivity contribution is -0.120. The Hall–Kier alpha value is -3.90. The van der Waals surface area contributed by atoms with Crippen molar-refractivity contribution in [3.05, 3.63) is 99.2 Å². The number of rotatable bonds is 5. The predicted octanol–water partition coefficient (Wildman–Crippen LogP) is 7.55. The molecule has 0 saturated carbocycles. The number of nitrogens with one attached hydrogen (secondary N) is 1. The highest BCUT2D eigenvalue weighted by Crippen LogP contribution is 2.36. The van der Waals surface area contributed by atoms with Crippen LogP contribution < -0.4 is 15.0 Å². The Morgan fingerprint density at radius 3 is 2.10 bits per heavy atom. The second-order valence-corrected chi connectivity index (χ2v) is 12.5. The normalized spacial score (nSPS) is 14.2. The average molecular weight is 559 g/mol. The van der Waals surface area contributed by atoms with Crippen LogP contribution >= 0.6 is 11.6 Å². The molecule has 1 aliphatic rings. The van der Waals surface area contributed by atoms with E-state index >= 15 is 0 Å². The topological polar surface area (TPSA) is 75.7 Å². The number of benzene rings is 3. The zero-order valence-corrected chi connectivity index (χ0v) is 25.0. The highest BCUT2D eigenvalue weighted by Gasteiger charge is 2.39. The quantitative estimate of drug-likeness (QED) is 0.199. The number of aryl methyl sites for hydroxylation is 1. The van der Waals surface area contributed by atoms with Crippen molar-refractivity contribution in [1.29, 1.82) is 0 Å². The van der Waals surface area contributed by atoms with Gasteiger partial charge in [-0.1, -0.05) is 77.4 Å².